The number of carbonyl (C=O) groups excluding carboxylic acids is 2. The van der Waals surface area contributed by atoms with Crippen molar-refractivity contribution in [2.75, 3.05) is 18.6 Å². The number of aryl methyl sites for hydroxylation is 1. The Kier molecular flexibility index (Phi) is 8.00. The molecule has 0 unspecified atom stereocenters. The first-order valence-corrected chi connectivity index (χ1v) is 12.2. The molecule has 0 saturated carbocycles. The van der Waals surface area contributed by atoms with Crippen LogP contribution < -0.4 is 15.0 Å². The summed E-state index contributed by atoms with van der Waals surface area (Å²) in [6.07, 6.45) is 1.33. The van der Waals surface area contributed by atoms with Crippen molar-refractivity contribution >= 4 is 28.5 Å². The topological polar surface area (TPSA) is 76.5 Å². The van der Waals surface area contributed by atoms with E-state index < -0.39 is 0 Å². The molecule has 4 aromatic rings. The van der Waals surface area contributed by atoms with E-state index in [-0.39, 0.29) is 24.4 Å². The Morgan fingerprint density at radius 2 is 1.75 bits per heavy atom. The molecule has 0 bridgehead atoms. The fourth-order valence-corrected chi connectivity index (χ4v) is 4.34. The van der Waals surface area contributed by atoms with Crippen LogP contribution in [0.15, 0.2) is 78.9 Å². The highest BCUT2D eigenvalue weighted by Crippen LogP contribution is 2.21. The van der Waals surface area contributed by atoms with E-state index >= 15 is 0 Å². The van der Waals surface area contributed by atoms with Crippen LogP contribution in [0.2, 0.25) is 0 Å². The lowest BCUT2D eigenvalue weighted by Crippen LogP contribution is -2.39. The van der Waals surface area contributed by atoms with Gasteiger partial charge in [-0.1, -0.05) is 36.4 Å². The van der Waals surface area contributed by atoms with Crippen molar-refractivity contribution in [2.24, 2.45) is 0 Å². The van der Waals surface area contributed by atoms with Gasteiger partial charge in [-0.2, -0.15) is 0 Å². The zero-order chi connectivity index (χ0) is 25.5. The molecule has 2 amide bonds. The quantitative estimate of drug-likeness (QED) is 0.327. The van der Waals surface area contributed by atoms with Crippen LogP contribution in [-0.4, -0.2) is 41.1 Å². The second kappa shape index (κ2) is 11.5. The standard InChI is InChI=1S/C29H32N4O3/c1-21(2)33(23-12-5-4-6-13-23)28(34)20-32-26-16-8-7-15-25(26)31-27(32)17-10-18-30-29(35)22-11-9-14-24(19-22)36-3/h4-9,11-16,19,21H,10,17-18,20H2,1-3H3,(H,30,35). The Morgan fingerprint density at radius 3 is 2.50 bits per heavy atom. The largest absolute Gasteiger partial charge is 0.497 e. The first-order valence-electron chi connectivity index (χ1n) is 12.2. The van der Waals surface area contributed by atoms with E-state index in [9.17, 15) is 9.59 Å². The number of imidazole rings is 1. The van der Waals surface area contributed by atoms with E-state index in [4.69, 9.17) is 9.72 Å². The number of benzene rings is 3. The summed E-state index contributed by atoms with van der Waals surface area (Å²) in [6, 6.07) is 24.7. The highest BCUT2D eigenvalue weighted by atomic mass is 16.5. The van der Waals surface area contributed by atoms with E-state index in [1.54, 1.807) is 31.4 Å². The Balaban J connectivity index is 1.47. The molecule has 0 saturated heterocycles. The zero-order valence-electron chi connectivity index (χ0n) is 21.0. The average molecular weight is 485 g/mol. The Bertz CT molecular complexity index is 1330. The van der Waals surface area contributed by atoms with Gasteiger partial charge in [0.15, 0.2) is 0 Å². The number of aromatic nitrogens is 2. The van der Waals surface area contributed by atoms with Gasteiger partial charge in [0.25, 0.3) is 5.91 Å². The van der Waals surface area contributed by atoms with Crippen LogP contribution in [0.1, 0.15) is 36.5 Å². The molecular formula is C29H32N4O3. The number of para-hydroxylation sites is 3. The first-order chi connectivity index (χ1) is 17.5. The van der Waals surface area contributed by atoms with E-state index in [2.05, 4.69) is 5.32 Å². The predicted octanol–water partition coefficient (Wildman–Crippen LogP) is 4.85. The van der Waals surface area contributed by atoms with Gasteiger partial charge >= 0.3 is 0 Å². The average Bonchev–Trinajstić information content (AvgIpc) is 3.24. The van der Waals surface area contributed by atoms with Gasteiger partial charge in [-0.25, -0.2) is 4.98 Å². The minimum absolute atomic E-state index is 0.00642. The second-order valence-electron chi connectivity index (χ2n) is 8.89. The maximum atomic E-state index is 13.5. The normalized spacial score (nSPS) is 11.0. The number of carbonyl (C=O) groups is 2. The van der Waals surface area contributed by atoms with E-state index in [1.165, 1.54) is 0 Å². The van der Waals surface area contributed by atoms with Crippen molar-refractivity contribution in [2.45, 2.75) is 39.3 Å². The summed E-state index contributed by atoms with van der Waals surface area (Å²) in [4.78, 5) is 32.6. The van der Waals surface area contributed by atoms with Crippen LogP contribution >= 0.6 is 0 Å². The molecule has 186 valence electrons. The molecule has 1 heterocycles. The second-order valence-corrected chi connectivity index (χ2v) is 8.89. The smallest absolute Gasteiger partial charge is 0.251 e. The van der Waals surface area contributed by atoms with Crippen molar-refractivity contribution in [1.82, 2.24) is 14.9 Å². The van der Waals surface area contributed by atoms with Crippen molar-refractivity contribution in [3.63, 3.8) is 0 Å². The Labute approximate surface area is 211 Å². The number of rotatable bonds is 10. The summed E-state index contributed by atoms with van der Waals surface area (Å²) in [5, 5.41) is 2.96. The molecule has 1 aromatic heterocycles. The van der Waals surface area contributed by atoms with Gasteiger partial charge in [0.1, 0.15) is 18.1 Å². The van der Waals surface area contributed by atoms with Crippen LogP contribution in [0.25, 0.3) is 11.0 Å². The Hall–Kier alpha value is -4.13. The van der Waals surface area contributed by atoms with Crippen LogP contribution in [0, 0.1) is 0 Å². The van der Waals surface area contributed by atoms with Gasteiger partial charge in [-0.15, -0.1) is 0 Å². The number of fused-ring (bicyclic) bond motifs is 1. The molecule has 0 fully saturated rings. The molecule has 0 aliphatic carbocycles. The molecule has 7 heteroatoms. The first kappa shape index (κ1) is 25.0. The lowest BCUT2D eigenvalue weighted by Gasteiger charge is -2.27. The Morgan fingerprint density at radius 1 is 1.00 bits per heavy atom. The van der Waals surface area contributed by atoms with E-state index in [0.717, 1.165) is 22.5 Å². The number of ether oxygens (including phenoxy) is 1. The van der Waals surface area contributed by atoms with Gasteiger partial charge in [0.2, 0.25) is 5.91 Å². The SMILES string of the molecule is COc1cccc(C(=O)NCCCc2nc3ccccc3n2CC(=O)N(c2ccccc2)C(C)C)c1. The van der Waals surface area contributed by atoms with Gasteiger partial charge in [0, 0.05) is 30.3 Å². The lowest BCUT2D eigenvalue weighted by molar-refractivity contribution is -0.119. The molecular weight excluding hydrogens is 452 g/mol. The lowest BCUT2D eigenvalue weighted by atomic mass is 10.2. The predicted molar refractivity (Wildman–Crippen MR) is 142 cm³/mol. The number of hydrogen-bond donors (Lipinski definition) is 1. The van der Waals surface area contributed by atoms with Crippen LogP contribution in [-0.2, 0) is 17.8 Å². The molecule has 36 heavy (non-hydrogen) atoms. The maximum Gasteiger partial charge on any atom is 0.251 e. The highest BCUT2D eigenvalue weighted by molar-refractivity contribution is 5.95. The van der Waals surface area contributed by atoms with Gasteiger partial charge in [-0.3, -0.25) is 9.59 Å². The summed E-state index contributed by atoms with van der Waals surface area (Å²) in [6.45, 7) is 4.72. The van der Waals surface area contributed by atoms with Crippen molar-refractivity contribution < 1.29 is 14.3 Å². The minimum Gasteiger partial charge on any atom is -0.497 e. The number of nitrogens with one attached hydrogen (secondary N) is 1. The molecule has 1 N–H and O–H groups in total. The number of amides is 2. The molecule has 0 atom stereocenters. The third-order valence-electron chi connectivity index (χ3n) is 6.04. The van der Waals surface area contributed by atoms with E-state index in [0.29, 0.717) is 30.7 Å². The maximum absolute atomic E-state index is 13.5. The number of anilines is 1. The number of hydrogen-bond acceptors (Lipinski definition) is 4. The molecule has 0 radical (unpaired) electrons. The minimum atomic E-state index is -0.145. The van der Waals surface area contributed by atoms with Gasteiger partial charge in [0.05, 0.1) is 18.1 Å². The van der Waals surface area contributed by atoms with Gasteiger partial charge in [-0.05, 0) is 62.7 Å². The van der Waals surface area contributed by atoms with Crippen molar-refractivity contribution in [3.8, 4) is 5.75 Å². The summed E-state index contributed by atoms with van der Waals surface area (Å²) in [5.41, 5.74) is 3.22. The van der Waals surface area contributed by atoms with Crippen LogP contribution in [0.5, 0.6) is 5.75 Å². The molecule has 0 aliphatic rings. The van der Waals surface area contributed by atoms with Crippen molar-refractivity contribution in [1.29, 1.82) is 0 Å². The fraction of sp³-hybridized carbons (Fsp3) is 0.276. The summed E-state index contributed by atoms with van der Waals surface area (Å²) in [7, 11) is 1.58. The summed E-state index contributed by atoms with van der Waals surface area (Å²) in [5.74, 6) is 1.34. The van der Waals surface area contributed by atoms with Gasteiger partial charge < -0.3 is 19.5 Å². The molecule has 0 spiro atoms. The zero-order valence-corrected chi connectivity index (χ0v) is 21.0. The van der Waals surface area contributed by atoms with Crippen LogP contribution in [0.4, 0.5) is 5.69 Å². The summed E-state index contributed by atoms with van der Waals surface area (Å²) >= 11 is 0. The highest BCUT2D eigenvalue weighted by Gasteiger charge is 2.21. The molecule has 3 aromatic carbocycles. The monoisotopic (exact) mass is 484 g/mol. The van der Waals surface area contributed by atoms with Crippen molar-refractivity contribution in [3.05, 3.63) is 90.3 Å². The third-order valence-corrected chi connectivity index (χ3v) is 6.04. The third kappa shape index (κ3) is 5.74. The van der Waals surface area contributed by atoms with Crippen LogP contribution in [0.3, 0.4) is 0 Å². The van der Waals surface area contributed by atoms with E-state index in [1.807, 2.05) is 77.9 Å². The summed E-state index contributed by atoms with van der Waals surface area (Å²) < 4.78 is 7.20. The molecule has 4 rings (SSSR count). The molecule has 0 aliphatic heterocycles. The fourth-order valence-electron chi connectivity index (χ4n) is 4.34. The molecule has 7 nitrogen and oxygen atoms in total. The number of methoxy groups -OCH3 is 1. The number of nitrogens with zero attached hydrogens (tertiary/aromatic N) is 3.